The SMILES string of the molecule is CCn1nc(C)cc1-c1nc(C(C)(C)C)c(C(=O)O)o1. The van der Waals surface area contributed by atoms with Gasteiger partial charge in [-0.25, -0.2) is 9.78 Å². The van der Waals surface area contributed by atoms with E-state index in [4.69, 9.17) is 4.42 Å². The van der Waals surface area contributed by atoms with Crippen LogP contribution in [0.15, 0.2) is 10.5 Å². The highest BCUT2D eigenvalue weighted by Crippen LogP contribution is 2.30. The first kappa shape index (κ1) is 14.3. The summed E-state index contributed by atoms with van der Waals surface area (Å²) >= 11 is 0. The van der Waals surface area contributed by atoms with Crippen molar-refractivity contribution in [1.82, 2.24) is 14.8 Å². The molecule has 0 aliphatic carbocycles. The van der Waals surface area contributed by atoms with Gasteiger partial charge in [-0.1, -0.05) is 20.8 Å². The molecule has 0 aliphatic heterocycles. The number of hydrogen-bond donors (Lipinski definition) is 1. The molecule has 0 radical (unpaired) electrons. The number of oxazole rings is 1. The minimum absolute atomic E-state index is 0.103. The van der Waals surface area contributed by atoms with Crippen molar-refractivity contribution >= 4 is 5.97 Å². The van der Waals surface area contributed by atoms with Crippen LogP contribution in [0.5, 0.6) is 0 Å². The second-order valence-electron chi connectivity index (χ2n) is 5.74. The maximum Gasteiger partial charge on any atom is 0.373 e. The zero-order valence-electron chi connectivity index (χ0n) is 12.4. The van der Waals surface area contributed by atoms with E-state index in [1.54, 1.807) is 4.68 Å². The molecule has 6 nitrogen and oxygen atoms in total. The van der Waals surface area contributed by atoms with Crippen molar-refractivity contribution in [2.45, 2.75) is 46.6 Å². The van der Waals surface area contributed by atoms with Crippen molar-refractivity contribution in [2.24, 2.45) is 0 Å². The third kappa shape index (κ3) is 2.45. The average molecular weight is 277 g/mol. The maximum atomic E-state index is 11.3. The maximum absolute atomic E-state index is 11.3. The predicted octanol–water partition coefficient (Wildman–Crippen LogP) is 2.86. The van der Waals surface area contributed by atoms with Crippen molar-refractivity contribution < 1.29 is 14.3 Å². The van der Waals surface area contributed by atoms with Gasteiger partial charge in [0.15, 0.2) is 0 Å². The van der Waals surface area contributed by atoms with Gasteiger partial charge in [-0.05, 0) is 19.9 Å². The van der Waals surface area contributed by atoms with E-state index in [0.717, 1.165) is 5.69 Å². The molecule has 0 aromatic carbocycles. The molecule has 2 aromatic heterocycles. The second kappa shape index (κ2) is 4.77. The Kier molecular flexibility index (Phi) is 3.41. The van der Waals surface area contributed by atoms with Gasteiger partial charge in [-0.2, -0.15) is 5.10 Å². The van der Waals surface area contributed by atoms with Gasteiger partial charge in [-0.3, -0.25) is 4.68 Å². The molecule has 0 amide bonds. The largest absolute Gasteiger partial charge is 0.475 e. The van der Waals surface area contributed by atoms with Gasteiger partial charge in [0.25, 0.3) is 0 Å². The Labute approximate surface area is 117 Å². The van der Waals surface area contributed by atoms with E-state index in [-0.39, 0.29) is 5.76 Å². The average Bonchev–Trinajstić information content (AvgIpc) is 2.90. The number of aromatic carboxylic acids is 1. The minimum Gasteiger partial charge on any atom is -0.475 e. The number of aryl methyl sites for hydroxylation is 2. The second-order valence-corrected chi connectivity index (χ2v) is 5.74. The van der Waals surface area contributed by atoms with Crippen LogP contribution < -0.4 is 0 Å². The first-order chi connectivity index (χ1) is 9.24. The van der Waals surface area contributed by atoms with Crippen LogP contribution in [-0.2, 0) is 12.0 Å². The summed E-state index contributed by atoms with van der Waals surface area (Å²) in [6, 6.07) is 1.84. The molecule has 0 saturated heterocycles. The summed E-state index contributed by atoms with van der Waals surface area (Å²) in [5.74, 6) is -0.906. The number of nitrogens with zero attached hydrogens (tertiary/aromatic N) is 3. The molecule has 1 N–H and O–H groups in total. The molecule has 20 heavy (non-hydrogen) atoms. The molecule has 0 bridgehead atoms. The van der Waals surface area contributed by atoms with E-state index in [2.05, 4.69) is 10.1 Å². The Balaban J connectivity index is 2.62. The number of carbonyl (C=O) groups is 1. The molecular weight excluding hydrogens is 258 g/mol. The van der Waals surface area contributed by atoms with Crippen LogP contribution in [0.1, 0.15) is 49.6 Å². The molecule has 0 spiro atoms. The summed E-state index contributed by atoms with van der Waals surface area (Å²) in [7, 11) is 0. The molecule has 108 valence electrons. The summed E-state index contributed by atoms with van der Waals surface area (Å²) in [6.45, 7) is 10.2. The highest BCUT2D eigenvalue weighted by molar-refractivity contribution is 5.86. The molecule has 2 rings (SSSR count). The number of carboxylic acids is 1. The smallest absolute Gasteiger partial charge is 0.373 e. The number of hydrogen-bond acceptors (Lipinski definition) is 4. The highest BCUT2D eigenvalue weighted by Gasteiger charge is 2.30. The fraction of sp³-hybridized carbons (Fsp3) is 0.500. The van der Waals surface area contributed by atoms with Gasteiger partial charge in [0.05, 0.1) is 5.69 Å². The van der Waals surface area contributed by atoms with E-state index >= 15 is 0 Å². The Morgan fingerprint density at radius 3 is 2.55 bits per heavy atom. The van der Waals surface area contributed by atoms with Gasteiger partial charge in [-0.15, -0.1) is 0 Å². The molecule has 6 heteroatoms. The van der Waals surface area contributed by atoms with Crippen LogP contribution in [0.2, 0.25) is 0 Å². The van der Waals surface area contributed by atoms with E-state index < -0.39 is 11.4 Å². The summed E-state index contributed by atoms with van der Waals surface area (Å²) in [6.07, 6.45) is 0. The van der Waals surface area contributed by atoms with Crippen molar-refractivity contribution in [3.05, 3.63) is 23.2 Å². The lowest BCUT2D eigenvalue weighted by Gasteiger charge is -2.14. The summed E-state index contributed by atoms with van der Waals surface area (Å²) in [5, 5.41) is 13.6. The Bertz CT molecular complexity index is 647. The van der Waals surface area contributed by atoms with Crippen LogP contribution in [-0.4, -0.2) is 25.8 Å². The topological polar surface area (TPSA) is 81.2 Å². The Morgan fingerprint density at radius 2 is 2.10 bits per heavy atom. The molecule has 0 fully saturated rings. The summed E-state index contributed by atoms with van der Waals surface area (Å²) < 4.78 is 7.22. The molecule has 2 aromatic rings. The zero-order chi connectivity index (χ0) is 15.1. The fourth-order valence-electron chi connectivity index (χ4n) is 2.04. The molecule has 0 unspecified atom stereocenters. The summed E-state index contributed by atoms with van der Waals surface area (Å²) in [5.41, 5.74) is 1.58. The quantitative estimate of drug-likeness (QED) is 0.932. The third-order valence-electron chi connectivity index (χ3n) is 2.95. The van der Waals surface area contributed by atoms with Crippen LogP contribution >= 0.6 is 0 Å². The van der Waals surface area contributed by atoms with Crippen LogP contribution in [0, 0.1) is 6.92 Å². The van der Waals surface area contributed by atoms with Crippen molar-refractivity contribution in [1.29, 1.82) is 0 Å². The van der Waals surface area contributed by atoms with Crippen molar-refractivity contribution in [2.75, 3.05) is 0 Å². The van der Waals surface area contributed by atoms with Crippen LogP contribution in [0.25, 0.3) is 11.6 Å². The standard InChI is InChI=1S/C14H19N3O3/c1-6-17-9(7-8(2)16-17)12-15-11(14(3,4)5)10(20-12)13(18)19/h7H,6H2,1-5H3,(H,18,19). The lowest BCUT2D eigenvalue weighted by atomic mass is 9.91. The zero-order valence-corrected chi connectivity index (χ0v) is 12.4. The van der Waals surface area contributed by atoms with E-state index in [0.29, 0.717) is 23.8 Å². The normalized spacial score (nSPS) is 11.8. The van der Waals surface area contributed by atoms with Gasteiger partial charge >= 0.3 is 5.97 Å². The molecule has 0 aliphatic rings. The van der Waals surface area contributed by atoms with E-state index in [1.807, 2.05) is 40.7 Å². The summed E-state index contributed by atoms with van der Waals surface area (Å²) in [4.78, 5) is 15.7. The van der Waals surface area contributed by atoms with Gasteiger partial charge in [0.2, 0.25) is 11.7 Å². The molecule has 2 heterocycles. The molecular formula is C14H19N3O3. The Morgan fingerprint density at radius 1 is 1.45 bits per heavy atom. The number of aromatic nitrogens is 3. The predicted molar refractivity (Wildman–Crippen MR) is 73.8 cm³/mol. The van der Waals surface area contributed by atoms with Crippen LogP contribution in [0.3, 0.4) is 0 Å². The minimum atomic E-state index is -1.10. The Hall–Kier alpha value is -2.11. The van der Waals surface area contributed by atoms with Gasteiger partial charge < -0.3 is 9.52 Å². The van der Waals surface area contributed by atoms with Gasteiger partial charge in [0, 0.05) is 12.0 Å². The first-order valence-corrected chi connectivity index (χ1v) is 6.53. The highest BCUT2D eigenvalue weighted by atomic mass is 16.4. The lowest BCUT2D eigenvalue weighted by molar-refractivity contribution is 0.0659. The number of carboxylic acid groups (broad SMARTS) is 1. The third-order valence-corrected chi connectivity index (χ3v) is 2.95. The van der Waals surface area contributed by atoms with Crippen molar-refractivity contribution in [3.63, 3.8) is 0 Å². The van der Waals surface area contributed by atoms with E-state index in [1.165, 1.54) is 0 Å². The number of rotatable bonds is 3. The van der Waals surface area contributed by atoms with Gasteiger partial charge in [0.1, 0.15) is 11.4 Å². The van der Waals surface area contributed by atoms with Crippen LogP contribution in [0.4, 0.5) is 0 Å². The lowest BCUT2D eigenvalue weighted by Crippen LogP contribution is -2.16. The van der Waals surface area contributed by atoms with Crippen molar-refractivity contribution in [3.8, 4) is 11.6 Å². The van der Waals surface area contributed by atoms with E-state index in [9.17, 15) is 9.90 Å². The molecule has 0 atom stereocenters. The first-order valence-electron chi connectivity index (χ1n) is 6.53. The molecule has 0 saturated carbocycles. The fourth-order valence-corrected chi connectivity index (χ4v) is 2.04. The monoisotopic (exact) mass is 277 g/mol.